The Labute approximate surface area is 253 Å². The van der Waals surface area contributed by atoms with Crippen molar-refractivity contribution in [3.05, 3.63) is 103 Å². The van der Waals surface area contributed by atoms with Crippen molar-refractivity contribution in [1.29, 1.82) is 0 Å². The van der Waals surface area contributed by atoms with Crippen LogP contribution in [0.15, 0.2) is 91.6 Å². The van der Waals surface area contributed by atoms with Crippen molar-refractivity contribution in [2.75, 3.05) is 13.7 Å². The molecule has 39 heavy (non-hydrogen) atoms. The quantitative estimate of drug-likeness (QED) is 0.182. The summed E-state index contributed by atoms with van der Waals surface area (Å²) < 4.78 is 13.4. The van der Waals surface area contributed by atoms with Crippen LogP contribution in [0.2, 0.25) is 5.02 Å². The molecule has 1 aliphatic heterocycles. The Morgan fingerprint density at radius 1 is 1.00 bits per heavy atom. The van der Waals surface area contributed by atoms with Gasteiger partial charge in [0.15, 0.2) is 16.7 Å². The van der Waals surface area contributed by atoms with E-state index in [4.69, 9.17) is 21.1 Å². The predicted molar refractivity (Wildman–Crippen MR) is 168 cm³/mol. The van der Waals surface area contributed by atoms with Crippen molar-refractivity contribution in [2.24, 2.45) is 4.99 Å². The van der Waals surface area contributed by atoms with E-state index in [2.05, 4.69) is 61.1 Å². The summed E-state index contributed by atoms with van der Waals surface area (Å²) >= 11 is 14.6. The summed E-state index contributed by atoms with van der Waals surface area (Å²) in [5, 5.41) is 3.48. The van der Waals surface area contributed by atoms with E-state index in [0.717, 1.165) is 25.5 Å². The molecule has 4 aromatic carbocycles. The number of amides is 1. The number of hydrogen-bond acceptors (Lipinski definition) is 5. The van der Waals surface area contributed by atoms with Crippen LogP contribution in [0.5, 0.6) is 11.5 Å². The van der Waals surface area contributed by atoms with E-state index in [0.29, 0.717) is 45.4 Å². The number of fused-ring (bicyclic) bond motifs is 1. The SMILES string of the molecule is CCN1C(=O)/C(=C\c2cc(OC)c(OCc3cccc4ccccc34)cc2Br)SC1=Nc1ccc(Br)c(Cl)c1. The summed E-state index contributed by atoms with van der Waals surface area (Å²) in [7, 11) is 1.60. The zero-order valence-corrected chi connectivity index (χ0v) is 25.8. The lowest BCUT2D eigenvalue weighted by Crippen LogP contribution is -2.28. The van der Waals surface area contributed by atoms with E-state index in [1.54, 1.807) is 18.1 Å². The number of carbonyl (C=O) groups excluding carboxylic acids is 1. The molecule has 1 fully saturated rings. The van der Waals surface area contributed by atoms with Crippen molar-refractivity contribution < 1.29 is 14.3 Å². The number of amidine groups is 1. The Balaban J connectivity index is 1.41. The smallest absolute Gasteiger partial charge is 0.266 e. The molecule has 0 spiro atoms. The van der Waals surface area contributed by atoms with Gasteiger partial charge in [0, 0.05) is 15.5 Å². The highest BCUT2D eigenvalue weighted by Crippen LogP contribution is 2.39. The van der Waals surface area contributed by atoms with Crippen molar-refractivity contribution in [3.8, 4) is 11.5 Å². The summed E-state index contributed by atoms with van der Waals surface area (Å²) in [6.07, 6.45) is 1.84. The van der Waals surface area contributed by atoms with Crippen LogP contribution >= 0.6 is 55.2 Å². The highest BCUT2D eigenvalue weighted by atomic mass is 79.9. The van der Waals surface area contributed by atoms with Gasteiger partial charge < -0.3 is 9.47 Å². The minimum atomic E-state index is -0.105. The van der Waals surface area contributed by atoms with Crippen LogP contribution in [0.4, 0.5) is 5.69 Å². The third kappa shape index (κ3) is 6.04. The van der Waals surface area contributed by atoms with Gasteiger partial charge in [-0.05, 0) is 92.9 Å². The zero-order valence-electron chi connectivity index (χ0n) is 21.1. The minimum absolute atomic E-state index is 0.105. The summed E-state index contributed by atoms with van der Waals surface area (Å²) in [6.45, 7) is 2.81. The molecule has 5 rings (SSSR count). The van der Waals surface area contributed by atoms with Crippen LogP contribution in [0.25, 0.3) is 16.8 Å². The molecule has 0 N–H and O–H groups in total. The van der Waals surface area contributed by atoms with Gasteiger partial charge in [0.05, 0.1) is 22.7 Å². The van der Waals surface area contributed by atoms with E-state index in [-0.39, 0.29) is 5.91 Å². The van der Waals surface area contributed by atoms with Crippen molar-refractivity contribution in [3.63, 3.8) is 0 Å². The molecule has 0 aromatic heterocycles. The number of ether oxygens (including phenoxy) is 2. The number of hydrogen-bond donors (Lipinski definition) is 0. The van der Waals surface area contributed by atoms with Crippen LogP contribution in [-0.4, -0.2) is 29.6 Å². The van der Waals surface area contributed by atoms with Gasteiger partial charge in [-0.3, -0.25) is 9.69 Å². The summed E-state index contributed by atoms with van der Waals surface area (Å²) in [6, 6.07) is 23.6. The fourth-order valence-corrected chi connectivity index (χ4v) is 6.10. The average Bonchev–Trinajstić information content (AvgIpc) is 3.23. The van der Waals surface area contributed by atoms with Gasteiger partial charge in [-0.1, -0.05) is 70.0 Å². The van der Waals surface area contributed by atoms with Crippen molar-refractivity contribution in [2.45, 2.75) is 13.5 Å². The first-order chi connectivity index (χ1) is 18.9. The molecule has 1 saturated heterocycles. The number of nitrogens with zero attached hydrogens (tertiary/aromatic N) is 2. The Morgan fingerprint density at radius 3 is 2.56 bits per heavy atom. The van der Waals surface area contributed by atoms with Gasteiger partial charge in [-0.15, -0.1) is 0 Å². The molecule has 1 aliphatic rings. The number of carbonyl (C=O) groups is 1. The number of aliphatic imine (C=N–C) groups is 1. The van der Waals surface area contributed by atoms with E-state index in [1.807, 2.05) is 55.5 Å². The maximum atomic E-state index is 13.2. The predicted octanol–water partition coefficient (Wildman–Crippen LogP) is 9.23. The molecule has 0 saturated carbocycles. The van der Waals surface area contributed by atoms with Gasteiger partial charge in [0.2, 0.25) is 0 Å². The molecule has 0 atom stereocenters. The number of likely N-dealkylation sites (N-methyl/N-ethyl adjacent to an activating group) is 1. The minimum Gasteiger partial charge on any atom is -0.493 e. The van der Waals surface area contributed by atoms with Crippen molar-refractivity contribution in [1.82, 2.24) is 4.90 Å². The first kappa shape index (κ1) is 27.8. The maximum Gasteiger partial charge on any atom is 0.266 e. The standard InChI is InChI=1S/C30H23Br2ClN2O3S/c1-3-35-29(36)28(39-30(35)34-21-11-12-23(31)25(33)15-21)14-20-13-26(37-2)27(16-24(20)32)38-17-19-9-6-8-18-7-4-5-10-22(18)19/h4-16H,3,17H2,1-2H3/b28-14+,34-30?. The van der Waals surface area contributed by atoms with Gasteiger partial charge in [0.25, 0.3) is 5.91 Å². The molecule has 4 aromatic rings. The third-order valence-corrected chi connectivity index (χ3v) is 9.09. The molecule has 0 aliphatic carbocycles. The fourth-order valence-electron chi connectivity index (χ4n) is 4.18. The second-order valence-corrected chi connectivity index (χ2v) is 11.7. The molecule has 9 heteroatoms. The van der Waals surface area contributed by atoms with Crippen molar-refractivity contribution >= 4 is 88.8 Å². The van der Waals surface area contributed by atoms with Gasteiger partial charge >= 0.3 is 0 Å². The van der Waals surface area contributed by atoms with Crippen LogP contribution in [0, 0.1) is 0 Å². The molecule has 0 unspecified atom stereocenters. The lowest BCUT2D eigenvalue weighted by molar-refractivity contribution is -0.122. The lowest BCUT2D eigenvalue weighted by Gasteiger charge is -2.14. The van der Waals surface area contributed by atoms with E-state index < -0.39 is 0 Å². The topological polar surface area (TPSA) is 51.1 Å². The number of thioether (sulfide) groups is 1. The third-order valence-electron chi connectivity index (χ3n) is 6.16. The molecular formula is C30H23Br2ClN2O3S. The molecule has 1 heterocycles. The lowest BCUT2D eigenvalue weighted by atomic mass is 10.1. The van der Waals surface area contributed by atoms with E-state index >= 15 is 0 Å². The number of methoxy groups -OCH3 is 1. The van der Waals surface area contributed by atoms with E-state index in [1.165, 1.54) is 17.1 Å². The molecule has 1 amide bonds. The normalized spacial score (nSPS) is 15.5. The largest absolute Gasteiger partial charge is 0.493 e. The Hall–Kier alpha value is -2.78. The van der Waals surface area contributed by atoms with Crippen LogP contribution in [0.3, 0.4) is 0 Å². The van der Waals surface area contributed by atoms with Crippen LogP contribution in [-0.2, 0) is 11.4 Å². The average molecular weight is 687 g/mol. The molecular weight excluding hydrogens is 664 g/mol. The van der Waals surface area contributed by atoms with Gasteiger partial charge in [0.1, 0.15) is 6.61 Å². The number of rotatable bonds is 7. The summed E-state index contributed by atoms with van der Waals surface area (Å²) in [5.74, 6) is 1.08. The fraction of sp³-hybridized carbons (Fsp3) is 0.133. The van der Waals surface area contributed by atoms with E-state index in [9.17, 15) is 4.79 Å². The first-order valence-electron chi connectivity index (χ1n) is 12.1. The summed E-state index contributed by atoms with van der Waals surface area (Å²) in [5.41, 5.74) is 2.56. The molecule has 198 valence electrons. The molecule has 0 radical (unpaired) electrons. The van der Waals surface area contributed by atoms with Gasteiger partial charge in [-0.25, -0.2) is 4.99 Å². The second-order valence-electron chi connectivity index (χ2n) is 8.60. The second kappa shape index (κ2) is 12.2. The molecule has 0 bridgehead atoms. The van der Waals surface area contributed by atoms with Gasteiger partial charge in [-0.2, -0.15) is 0 Å². The molecule has 5 nitrogen and oxygen atoms in total. The summed E-state index contributed by atoms with van der Waals surface area (Å²) in [4.78, 5) is 20.1. The maximum absolute atomic E-state index is 13.2. The monoisotopic (exact) mass is 684 g/mol. The first-order valence-corrected chi connectivity index (χ1v) is 14.9. The Kier molecular flexibility index (Phi) is 8.67. The highest BCUT2D eigenvalue weighted by Gasteiger charge is 2.32. The highest BCUT2D eigenvalue weighted by molar-refractivity contribution is 9.10. The number of halogens is 3. The Morgan fingerprint density at radius 2 is 1.79 bits per heavy atom. The van der Waals surface area contributed by atoms with Crippen LogP contribution in [0.1, 0.15) is 18.1 Å². The zero-order chi connectivity index (χ0) is 27.5. The number of benzene rings is 4. The Bertz CT molecular complexity index is 1640. The van der Waals surface area contributed by atoms with Crippen LogP contribution < -0.4 is 9.47 Å².